The maximum Gasteiger partial charge on any atom is 0.294 e. The van der Waals surface area contributed by atoms with Gasteiger partial charge in [-0.2, -0.15) is 8.42 Å². The second-order valence-corrected chi connectivity index (χ2v) is 6.85. The monoisotopic (exact) mass is 353 g/mol. The molecule has 1 unspecified atom stereocenters. The van der Waals surface area contributed by atoms with Crippen LogP contribution < -0.4 is 5.73 Å². The minimum Gasteiger partial charge on any atom is -0.394 e. The molecule has 0 fully saturated rings. The highest BCUT2D eigenvalue weighted by Gasteiger charge is 2.20. The average molecular weight is 353 g/mol. The fourth-order valence-electron chi connectivity index (χ4n) is 1.28. The van der Waals surface area contributed by atoms with Crippen LogP contribution in [0.25, 0.3) is 0 Å². The number of aliphatic hydroxyl groups is 3. The molecule has 6 N–H and O–H groups in total. The zero-order chi connectivity index (χ0) is 17.2. The summed E-state index contributed by atoms with van der Waals surface area (Å²) >= 11 is 0. The fourth-order valence-corrected chi connectivity index (χ4v) is 1.97. The summed E-state index contributed by atoms with van der Waals surface area (Å²) in [5.74, 6) is 0. The predicted molar refractivity (Wildman–Crippen MR) is 87.3 cm³/mol. The van der Waals surface area contributed by atoms with Crippen molar-refractivity contribution < 1.29 is 28.3 Å². The molecule has 1 aromatic carbocycles. The number of aryl methyl sites for hydroxylation is 1. The number of nitrogens with two attached hydrogens (primary N) is 1. The van der Waals surface area contributed by atoms with Crippen LogP contribution >= 0.6 is 9.24 Å². The van der Waals surface area contributed by atoms with Gasteiger partial charge in [-0.25, -0.2) is 0 Å². The number of benzene rings is 1. The van der Waals surface area contributed by atoms with Crippen LogP contribution in [0.2, 0.25) is 0 Å². The molecule has 128 valence electrons. The first-order valence-electron chi connectivity index (χ1n) is 6.60. The van der Waals surface area contributed by atoms with E-state index in [0.717, 1.165) is 24.6 Å². The first-order chi connectivity index (χ1) is 10.2. The molecule has 1 rings (SSSR count). The van der Waals surface area contributed by atoms with E-state index in [1.165, 1.54) is 12.1 Å². The van der Waals surface area contributed by atoms with Gasteiger partial charge in [0, 0.05) is 0 Å². The lowest BCUT2D eigenvalue weighted by atomic mass is 10.1. The Morgan fingerprint density at radius 3 is 1.77 bits per heavy atom. The molecule has 0 saturated heterocycles. The van der Waals surface area contributed by atoms with Gasteiger partial charge >= 0.3 is 0 Å². The number of rotatable bonds is 7. The lowest BCUT2D eigenvalue weighted by Gasteiger charge is -2.20. The Morgan fingerprint density at radius 2 is 1.50 bits per heavy atom. The van der Waals surface area contributed by atoms with Crippen molar-refractivity contribution in [1.29, 1.82) is 0 Å². The van der Waals surface area contributed by atoms with E-state index in [9.17, 15) is 8.42 Å². The van der Waals surface area contributed by atoms with Gasteiger partial charge < -0.3 is 21.1 Å². The third-order valence-electron chi connectivity index (χ3n) is 2.84. The van der Waals surface area contributed by atoms with Gasteiger partial charge in [-0.3, -0.25) is 4.55 Å². The highest BCUT2D eigenvalue weighted by Crippen LogP contribution is 2.11. The molecule has 0 aromatic heterocycles. The van der Waals surface area contributed by atoms with Crippen LogP contribution in [0.4, 0.5) is 0 Å². The summed E-state index contributed by atoms with van der Waals surface area (Å²) in [7, 11) is -1.40. The van der Waals surface area contributed by atoms with Crippen molar-refractivity contribution in [1.82, 2.24) is 0 Å². The average Bonchev–Trinajstić information content (AvgIpc) is 2.52. The van der Waals surface area contributed by atoms with Gasteiger partial charge in [0.05, 0.1) is 30.3 Å². The minimum absolute atomic E-state index is 0.0490. The molecule has 22 heavy (non-hydrogen) atoms. The van der Waals surface area contributed by atoms with Gasteiger partial charge in [-0.05, 0) is 36.7 Å². The largest absolute Gasteiger partial charge is 0.394 e. The second-order valence-electron chi connectivity index (χ2n) is 4.85. The van der Waals surface area contributed by atoms with Crippen LogP contribution in [0.5, 0.6) is 0 Å². The Balaban J connectivity index is 0.000000472. The normalized spacial score (nSPS) is 11.7. The highest BCUT2D eigenvalue weighted by atomic mass is 32.2. The molecular formula is C13H24NO6PS. The lowest BCUT2D eigenvalue weighted by Crippen LogP contribution is -2.50. The molecule has 1 aromatic rings. The number of aliphatic hydroxyl groups excluding tert-OH is 3. The lowest BCUT2D eigenvalue weighted by molar-refractivity contribution is 0.0697. The number of hydrogen-bond acceptors (Lipinski definition) is 6. The zero-order valence-electron chi connectivity index (χ0n) is 12.2. The van der Waals surface area contributed by atoms with E-state index in [-0.39, 0.29) is 4.90 Å². The molecule has 0 heterocycles. The van der Waals surface area contributed by atoms with Gasteiger partial charge in [0.1, 0.15) is 0 Å². The Bertz CT molecular complexity index is 508. The van der Waals surface area contributed by atoms with Gasteiger partial charge in [-0.1, -0.05) is 12.1 Å². The van der Waals surface area contributed by atoms with Crippen molar-refractivity contribution in [3.63, 3.8) is 0 Å². The molecule has 9 heteroatoms. The van der Waals surface area contributed by atoms with E-state index in [1.54, 1.807) is 12.1 Å². The Hall–Kier alpha value is -0.600. The summed E-state index contributed by atoms with van der Waals surface area (Å²) in [6, 6.07) is 6.30. The molecular weight excluding hydrogens is 329 g/mol. The summed E-state index contributed by atoms with van der Waals surface area (Å²) in [6.07, 6.45) is 3.01. The highest BCUT2D eigenvalue weighted by molar-refractivity contribution is 7.85. The first kappa shape index (κ1) is 21.4. The van der Waals surface area contributed by atoms with E-state index in [1.807, 2.05) is 0 Å². The van der Waals surface area contributed by atoms with Crippen molar-refractivity contribution in [3.05, 3.63) is 29.8 Å². The fraction of sp³-hybridized carbons (Fsp3) is 0.538. The van der Waals surface area contributed by atoms with Gasteiger partial charge in [0.15, 0.2) is 0 Å². The standard InChI is InChI=1S/C9H13O3PS.C4H11NO3/c10-14(11,12)9-5-3-8(4-6-9)2-1-7-13;5-4(1-6,2-7)3-8/h3-6H,1-2,7,13H2,(H,10,11,12);6-8H,1-3,5H2. The van der Waals surface area contributed by atoms with Crippen molar-refractivity contribution in [3.8, 4) is 0 Å². The summed E-state index contributed by atoms with van der Waals surface area (Å²) in [5.41, 5.74) is 5.02. The summed E-state index contributed by atoms with van der Waals surface area (Å²) in [5, 5.41) is 25.0. The minimum atomic E-state index is -4.04. The smallest absolute Gasteiger partial charge is 0.294 e. The third kappa shape index (κ3) is 8.14. The molecule has 0 aliphatic heterocycles. The van der Waals surface area contributed by atoms with Crippen LogP contribution in [-0.4, -0.2) is 59.8 Å². The molecule has 0 aliphatic carbocycles. The van der Waals surface area contributed by atoms with Gasteiger partial charge in [0.2, 0.25) is 0 Å². The molecule has 1 atom stereocenters. The molecule has 0 saturated carbocycles. The predicted octanol–water partition coefficient (Wildman–Crippen LogP) is -0.598. The van der Waals surface area contributed by atoms with E-state index in [4.69, 9.17) is 25.6 Å². The Morgan fingerprint density at radius 1 is 1.05 bits per heavy atom. The molecule has 0 aliphatic rings. The van der Waals surface area contributed by atoms with Crippen LogP contribution in [0.1, 0.15) is 12.0 Å². The summed E-state index contributed by atoms with van der Waals surface area (Å²) in [6.45, 7) is -1.21. The van der Waals surface area contributed by atoms with Crippen molar-refractivity contribution in [2.75, 3.05) is 26.0 Å². The SMILES string of the molecule is NC(CO)(CO)CO.O=S(=O)(O)c1ccc(CCCP)cc1. The quantitative estimate of drug-likeness (QED) is 0.326. The Labute approximate surface area is 133 Å². The van der Waals surface area contributed by atoms with E-state index >= 15 is 0 Å². The van der Waals surface area contributed by atoms with Crippen LogP contribution in [0.3, 0.4) is 0 Å². The summed E-state index contributed by atoms with van der Waals surface area (Å²) < 4.78 is 30.1. The first-order valence-corrected chi connectivity index (χ1v) is 8.86. The van der Waals surface area contributed by atoms with Gasteiger partial charge in [-0.15, -0.1) is 9.24 Å². The Kier molecular flexibility index (Phi) is 9.95. The molecule has 0 bridgehead atoms. The van der Waals surface area contributed by atoms with E-state index in [0.29, 0.717) is 0 Å². The number of hydrogen-bond donors (Lipinski definition) is 5. The van der Waals surface area contributed by atoms with Gasteiger partial charge in [0.25, 0.3) is 10.1 Å². The maximum absolute atomic E-state index is 10.7. The molecule has 0 spiro atoms. The van der Waals surface area contributed by atoms with Crippen LogP contribution in [0, 0.1) is 0 Å². The van der Waals surface area contributed by atoms with Crippen molar-refractivity contribution in [2.24, 2.45) is 5.73 Å². The maximum atomic E-state index is 10.7. The van der Waals surface area contributed by atoms with Crippen LogP contribution in [-0.2, 0) is 16.5 Å². The van der Waals surface area contributed by atoms with Crippen molar-refractivity contribution in [2.45, 2.75) is 23.3 Å². The molecule has 0 radical (unpaired) electrons. The molecule has 0 amide bonds. The van der Waals surface area contributed by atoms with Crippen LogP contribution in [0.15, 0.2) is 29.2 Å². The van der Waals surface area contributed by atoms with Crippen molar-refractivity contribution >= 4 is 19.4 Å². The molecule has 7 nitrogen and oxygen atoms in total. The topological polar surface area (TPSA) is 141 Å². The summed E-state index contributed by atoms with van der Waals surface area (Å²) in [4.78, 5) is -0.0490. The van der Waals surface area contributed by atoms with E-state index in [2.05, 4.69) is 9.24 Å². The second kappa shape index (κ2) is 10.2. The third-order valence-corrected chi connectivity index (χ3v) is 4.11. The zero-order valence-corrected chi connectivity index (χ0v) is 14.2. The van der Waals surface area contributed by atoms with E-state index < -0.39 is 35.5 Å².